The SMILES string of the molecule is CC#CC(=O)NCC(=O)C(C)(CCC)CCCC. The summed E-state index contributed by atoms with van der Waals surface area (Å²) < 4.78 is 0. The van der Waals surface area contributed by atoms with Gasteiger partial charge in [-0.1, -0.05) is 46.0 Å². The van der Waals surface area contributed by atoms with Crippen LogP contribution in [0, 0.1) is 17.3 Å². The van der Waals surface area contributed by atoms with Crippen LogP contribution in [-0.4, -0.2) is 18.2 Å². The predicted molar refractivity (Wildman–Crippen MR) is 74.0 cm³/mol. The summed E-state index contributed by atoms with van der Waals surface area (Å²) in [6.45, 7) is 7.90. The Morgan fingerprint density at radius 1 is 1.17 bits per heavy atom. The topological polar surface area (TPSA) is 46.2 Å². The van der Waals surface area contributed by atoms with Gasteiger partial charge in [0.2, 0.25) is 0 Å². The highest BCUT2D eigenvalue weighted by Crippen LogP contribution is 2.30. The molecule has 0 saturated heterocycles. The third-order valence-corrected chi connectivity index (χ3v) is 3.21. The van der Waals surface area contributed by atoms with Crippen molar-refractivity contribution in [3.05, 3.63) is 0 Å². The maximum Gasteiger partial charge on any atom is 0.296 e. The van der Waals surface area contributed by atoms with Gasteiger partial charge in [-0.2, -0.15) is 0 Å². The van der Waals surface area contributed by atoms with Crippen molar-refractivity contribution in [3.63, 3.8) is 0 Å². The van der Waals surface area contributed by atoms with Crippen LogP contribution in [0.25, 0.3) is 0 Å². The summed E-state index contributed by atoms with van der Waals surface area (Å²) in [6.07, 6.45) is 4.88. The minimum Gasteiger partial charge on any atom is -0.338 e. The van der Waals surface area contributed by atoms with Crippen molar-refractivity contribution in [1.82, 2.24) is 5.32 Å². The molecule has 0 aromatic carbocycles. The number of Topliss-reactive ketones (excluding diaryl/α,β-unsaturated/α-hetero) is 1. The highest BCUT2D eigenvalue weighted by atomic mass is 16.2. The van der Waals surface area contributed by atoms with E-state index in [0.717, 1.165) is 32.1 Å². The Morgan fingerprint density at radius 2 is 1.83 bits per heavy atom. The minimum atomic E-state index is -0.375. The van der Waals surface area contributed by atoms with Crippen LogP contribution in [0.15, 0.2) is 0 Å². The second kappa shape index (κ2) is 8.74. The van der Waals surface area contributed by atoms with Crippen molar-refractivity contribution in [2.45, 2.75) is 59.8 Å². The van der Waals surface area contributed by atoms with E-state index >= 15 is 0 Å². The van der Waals surface area contributed by atoms with E-state index in [1.54, 1.807) is 6.92 Å². The van der Waals surface area contributed by atoms with Crippen LogP contribution in [0.3, 0.4) is 0 Å². The molecule has 0 aliphatic carbocycles. The standard InChI is InChI=1S/C15H25NO2/c1-5-8-11-15(4,10-7-3)13(17)12-16-14(18)9-6-2/h5,7-8,10-12H2,1-4H3,(H,16,18). The zero-order valence-electron chi connectivity index (χ0n) is 12.1. The zero-order valence-corrected chi connectivity index (χ0v) is 12.1. The molecule has 0 saturated carbocycles. The van der Waals surface area contributed by atoms with Gasteiger partial charge in [0.15, 0.2) is 5.78 Å². The first-order chi connectivity index (χ1) is 8.50. The van der Waals surface area contributed by atoms with Gasteiger partial charge in [0.05, 0.1) is 6.54 Å². The van der Waals surface area contributed by atoms with E-state index in [1.165, 1.54) is 0 Å². The van der Waals surface area contributed by atoms with Crippen molar-refractivity contribution in [3.8, 4) is 11.8 Å². The van der Waals surface area contributed by atoms with Crippen molar-refractivity contribution < 1.29 is 9.59 Å². The second-order valence-electron chi connectivity index (χ2n) is 4.90. The van der Waals surface area contributed by atoms with Crippen LogP contribution >= 0.6 is 0 Å². The first-order valence-corrected chi connectivity index (χ1v) is 6.74. The number of hydrogen-bond acceptors (Lipinski definition) is 2. The van der Waals surface area contributed by atoms with E-state index in [9.17, 15) is 9.59 Å². The van der Waals surface area contributed by atoms with E-state index in [-0.39, 0.29) is 23.7 Å². The summed E-state index contributed by atoms with van der Waals surface area (Å²) in [5.41, 5.74) is -0.308. The number of carbonyl (C=O) groups excluding carboxylic acids is 2. The molecule has 0 aromatic heterocycles. The molecule has 1 unspecified atom stereocenters. The summed E-state index contributed by atoms with van der Waals surface area (Å²) in [4.78, 5) is 23.4. The Balaban J connectivity index is 4.45. The lowest BCUT2D eigenvalue weighted by Crippen LogP contribution is -2.38. The van der Waals surface area contributed by atoms with Gasteiger partial charge >= 0.3 is 0 Å². The molecule has 18 heavy (non-hydrogen) atoms. The van der Waals surface area contributed by atoms with Crippen LogP contribution in [0.1, 0.15) is 59.8 Å². The van der Waals surface area contributed by atoms with Crippen LogP contribution in [0.2, 0.25) is 0 Å². The van der Waals surface area contributed by atoms with Gasteiger partial charge in [0.25, 0.3) is 5.91 Å². The highest BCUT2D eigenvalue weighted by molar-refractivity contribution is 5.97. The molecule has 1 amide bonds. The Hall–Kier alpha value is -1.30. The highest BCUT2D eigenvalue weighted by Gasteiger charge is 2.30. The average molecular weight is 251 g/mol. The number of nitrogens with one attached hydrogen (secondary N) is 1. The third kappa shape index (κ3) is 5.86. The largest absolute Gasteiger partial charge is 0.338 e. The molecule has 1 N–H and O–H groups in total. The summed E-state index contributed by atoms with van der Waals surface area (Å²) in [7, 11) is 0. The number of amides is 1. The van der Waals surface area contributed by atoms with E-state index in [2.05, 4.69) is 31.0 Å². The maximum absolute atomic E-state index is 12.2. The number of carbonyl (C=O) groups is 2. The summed E-state index contributed by atoms with van der Waals surface area (Å²) in [5.74, 6) is 4.63. The third-order valence-electron chi connectivity index (χ3n) is 3.21. The smallest absolute Gasteiger partial charge is 0.296 e. The molecular weight excluding hydrogens is 226 g/mol. The number of ketones is 1. The van der Waals surface area contributed by atoms with E-state index in [1.807, 2.05) is 6.92 Å². The van der Waals surface area contributed by atoms with E-state index in [4.69, 9.17) is 0 Å². The first-order valence-electron chi connectivity index (χ1n) is 6.74. The molecule has 0 aliphatic heterocycles. The van der Waals surface area contributed by atoms with Gasteiger partial charge in [0.1, 0.15) is 0 Å². The molecule has 0 aliphatic rings. The van der Waals surface area contributed by atoms with E-state index in [0.29, 0.717) is 0 Å². The van der Waals surface area contributed by atoms with Gasteiger partial charge in [-0.3, -0.25) is 9.59 Å². The van der Waals surface area contributed by atoms with E-state index < -0.39 is 0 Å². The second-order valence-corrected chi connectivity index (χ2v) is 4.90. The fourth-order valence-electron chi connectivity index (χ4n) is 2.05. The van der Waals surface area contributed by atoms with Gasteiger partial charge in [-0.05, 0) is 25.7 Å². The van der Waals surface area contributed by atoms with Crippen molar-refractivity contribution in [2.24, 2.45) is 5.41 Å². The molecule has 0 rings (SSSR count). The lowest BCUT2D eigenvalue weighted by Gasteiger charge is -2.27. The fraction of sp³-hybridized carbons (Fsp3) is 0.733. The summed E-state index contributed by atoms with van der Waals surface area (Å²) >= 11 is 0. The minimum absolute atomic E-state index is 0.0910. The molecule has 0 bridgehead atoms. The number of hydrogen-bond donors (Lipinski definition) is 1. The molecule has 0 fully saturated rings. The van der Waals surface area contributed by atoms with Crippen LogP contribution in [0.4, 0.5) is 0 Å². The lowest BCUT2D eigenvalue weighted by atomic mass is 9.77. The Kier molecular flexibility index (Phi) is 8.11. The van der Waals surface area contributed by atoms with Crippen molar-refractivity contribution in [2.75, 3.05) is 6.54 Å². The average Bonchev–Trinajstić information content (AvgIpc) is 2.34. The summed E-state index contributed by atoms with van der Waals surface area (Å²) in [5, 5.41) is 2.56. The molecular formula is C15H25NO2. The number of rotatable bonds is 8. The molecule has 0 aromatic rings. The van der Waals surface area contributed by atoms with Gasteiger partial charge < -0.3 is 5.32 Å². The molecule has 3 nitrogen and oxygen atoms in total. The predicted octanol–water partition coefficient (Wildman–Crippen LogP) is 2.69. The molecule has 0 spiro atoms. The molecule has 1 atom stereocenters. The summed E-state index contributed by atoms with van der Waals surface area (Å²) in [6, 6.07) is 0. The molecule has 0 radical (unpaired) electrons. The fourth-order valence-corrected chi connectivity index (χ4v) is 2.05. The first kappa shape index (κ1) is 16.7. The Bertz CT molecular complexity index is 338. The van der Waals surface area contributed by atoms with Crippen molar-refractivity contribution >= 4 is 11.7 Å². The van der Waals surface area contributed by atoms with Crippen LogP contribution < -0.4 is 5.32 Å². The van der Waals surface area contributed by atoms with Gasteiger partial charge in [-0.25, -0.2) is 0 Å². The van der Waals surface area contributed by atoms with Crippen molar-refractivity contribution in [1.29, 1.82) is 0 Å². The lowest BCUT2D eigenvalue weighted by molar-refractivity contribution is -0.129. The number of unbranched alkanes of at least 4 members (excludes halogenated alkanes) is 1. The monoisotopic (exact) mass is 251 g/mol. The quantitative estimate of drug-likeness (QED) is 0.674. The Morgan fingerprint density at radius 3 is 2.33 bits per heavy atom. The molecule has 3 heteroatoms. The van der Waals surface area contributed by atoms with Gasteiger partial charge in [0, 0.05) is 5.41 Å². The Labute approximate surface area is 111 Å². The zero-order chi connectivity index (χ0) is 14.0. The van der Waals surface area contributed by atoms with Gasteiger partial charge in [-0.15, -0.1) is 0 Å². The molecule has 0 heterocycles. The van der Waals surface area contributed by atoms with Crippen LogP contribution in [-0.2, 0) is 9.59 Å². The maximum atomic E-state index is 12.2. The van der Waals surface area contributed by atoms with Crippen LogP contribution in [0.5, 0.6) is 0 Å². The molecule has 102 valence electrons. The normalized spacial score (nSPS) is 13.1.